The fourth-order valence-electron chi connectivity index (χ4n) is 2.16. The summed E-state index contributed by atoms with van der Waals surface area (Å²) < 4.78 is 5.14. The highest BCUT2D eigenvalue weighted by Crippen LogP contribution is 2.29. The van der Waals surface area contributed by atoms with Crippen molar-refractivity contribution in [1.29, 1.82) is 0 Å². The summed E-state index contributed by atoms with van der Waals surface area (Å²) in [6.07, 6.45) is 5.01. The van der Waals surface area contributed by atoms with E-state index in [-0.39, 0.29) is 5.78 Å². The second-order valence-corrected chi connectivity index (χ2v) is 5.19. The Balaban J connectivity index is 2.24. The van der Waals surface area contributed by atoms with E-state index in [1.807, 2.05) is 0 Å². The Labute approximate surface area is 113 Å². The normalized spacial score (nSPS) is 19.3. The fourth-order valence-corrected chi connectivity index (χ4v) is 2.35. The first-order chi connectivity index (χ1) is 8.61. The van der Waals surface area contributed by atoms with Crippen LogP contribution in [-0.4, -0.2) is 12.9 Å². The third kappa shape index (κ3) is 2.75. The molecule has 0 heterocycles. The zero-order valence-electron chi connectivity index (χ0n) is 10.7. The number of Topliss-reactive ketones (excluding diaryl/α,β-unsaturated/α-hetero) is 1. The minimum atomic E-state index is 0.0943. The number of methoxy groups -OCH3 is 1. The Morgan fingerprint density at radius 3 is 2.83 bits per heavy atom. The Bertz CT molecular complexity index is 491. The summed E-state index contributed by atoms with van der Waals surface area (Å²) >= 11 is 5.96. The van der Waals surface area contributed by atoms with Crippen LogP contribution in [0.15, 0.2) is 29.8 Å². The molecule has 0 bridgehead atoms. The third-order valence-corrected chi connectivity index (χ3v) is 3.69. The topological polar surface area (TPSA) is 26.3 Å². The molecule has 2 nitrogen and oxygen atoms in total. The van der Waals surface area contributed by atoms with Crippen LogP contribution in [0.3, 0.4) is 0 Å². The summed E-state index contributed by atoms with van der Waals surface area (Å²) in [6.45, 7) is 2.21. The standard InChI is InChI=1S/C15H17ClO2/c1-10-3-5-11(6-4-10)15(17)12-7-8-13(16)14(9-12)18-2/h5,7-10H,3-4,6H2,1-2H3. The highest BCUT2D eigenvalue weighted by atomic mass is 35.5. The highest BCUT2D eigenvalue weighted by Gasteiger charge is 2.18. The number of allylic oxidation sites excluding steroid dienone is 2. The van der Waals surface area contributed by atoms with E-state index in [1.165, 1.54) is 0 Å². The Morgan fingerprint density at radius 2 is 2.22 bits per heavy atom. The maximum atomic E-state index is 12.3. The molecule has 1 aliphatic carbocycles. The molecule has 0 spiro atoms. The van der Waals surface area contributed by atoms with Crippen LogP contribution < -0.4 is 4.74 Å². The number of ketones is 1. The summed E-state index contributed by atoms with van der Waals surface area (Å²) in [4.78, 5) is 12.3. The van der Waals surface area contributed by atoms with Gasteiger partial charge in [-0.15, -0.1) is 0 Å². The van der Waals surface area contributed by atoms with Gasteiger partial charge in [0, 0.05) is 5.56 Å². The lowest BCUT2D eigenvalue weighted by Gasteiger charge is -2.17. The number of halogens is 1. The first-order valence-electron chi connectivity index (χ1n) is 6.19. The molecule has 0 aromatic heterocycles. The molecule has 18 heavy (non-hydrogen) atoms. The van der Waals surface area contributed by atoms with Gasteiger partial charge in [0.2, 0.25) is 0 Å². The molecule has 1 unspecified atom stereocenters. The van der Waals surface area contributed by atoms with Crippen molar-refractivity contribution in [2.75, 3.05) is 7.11 Å². The van der Waals surface area contributed by atoms with Gasteiger partial charge in [-0.3, -0.25) is 4.79 Å². The van der Waals surface area contributed by atoms with E-state index in [9.17, 15) is 4.79 Å². The van der Waals surface area contributed by atoms with Crippen LogP contribution in [0.1, 0.15) is 36.5 Å². The molecule has 0 radical (unpaired) electrons. The van der Waals surface area contributed by atoms with Crippen molar-refractivity contribution in [2.45, 2.75) is 26.2 Å². The van der Waals surface area contributed by atoms with E-state index in [0.717, 1.165) is 24.8 Å². The van der Waals surface area contributed by atoms with Crippen LogP contribution in [0.4, 0.5) is 0 Å². The van der Waals surface area contributed by atoms with Gasteiger partial charge in [-0.2, -0.15) is 0 Å². The molecule has 0 saturated carbocycles. The van der Waals surface area contributed by atoms with Crippen molar-refractivity contribution in [3.8, 4) is 5.75 Å². The highest BCUT2D eigenvalue weighted by molar-refractivity contribution is 6.32. The lowest BCUT2D eigenvalue weighted by Crippen LogP contribution is -2.10. The first-order valence-corrected chi connectivity index (χ1v) is 6.57. The second-order valence-electron chi connectivity index (χ2n) is 4.79. The smallest absolute Gasteiger partial charge is 0.188 e. The second kappa shape index (κ2) is 5.57. The quantitative estimate of drug-likeness (QED) is 0.762. The molecule has 1 aliphatic rings. The number of rotatable bonds is 3. The number of carbonyl (C=O) groups excluding carboxylic acids is 1. The summed E-state index contributed by atoms with van der Waals surface area (Å²) in [6, 6.07) is 5.18. The minimum absolute atomic E-state index is 0.0943. The van der Waals surface area contributed by atoms with Crippen LogP contribution in [0.5, 0.6) is 5.75 Å². The maximum Gasteiger partial charge on any atom is 0.188 e. The molecule has 96 valence electrons. The molecule has 0 aliphatic heterocycles. The van der Waals surface area contributed by atoms with Gasteiger partial charge in [-0.1, -0.05) is 24.6 Å². The van der Waals surface area contributed by atoms with Crippen molar-refractivity contribution in [1.82, 2.24) is 0 Å². The summed E-state index contributed by atoms with van der Waals surface area (Å²) in [5.41, 5.74) is 1.56. The van der Waals surface area contributed by atoms with Gasteiger partial charge in [0.25, 0.3) is 0 Å². The zero-order valence-corrected chi connectivity index (χ0v) is 11.5. The molecule has 0 amide bonds. The minimum Gasteiger partial charge on any atom is -0.495 e. The third-order valence-electron chi connectivity index (χ3n) is 3.38. The van der Waals surface area contributed by atoms with E-state index in [4.69, 9.17) is 16.3 Å². The summed E-state index contributed by atoms with van der Waals surface area (Å²) in [7, 11) is 1.55. The molecule has 3 heteroatoms. The van der Waals surface area contributed by atoms with E-state index in [1.54, 1.807) is 25.3 Å². The van der Waals surface area contributed by atoms with Gasteiger partial charge in [-0.05, 0) is 49.0 Å². The average Bonchev–Trinajstić information content (AvgIpc) is 2.39. The first kappa shape index (κ1) is 13.2. The predicted molar refractivity (Wildman–Crippen MR) is 73.4 cm³/mol. The lowest BCUT2D eigenvalue weighted by atomic mass is 9.87. The van der Waals surface area contributed by atoms with Gasteiger partial charge in [0.1, 0.15) is 5.75 Å². The number of carbonyl (C=O) groups is 1. The molecular weight excluding hydrogens is 248 g/mol. The zero-order chi connectivity index (χ0) is 13.1. The molecule has 1 aromatic rings. The molecule has 2 rings (SSSR count). The molecular formula is C15H17ClO2. The van der Waals surface area contributed by atoms with E-state index < -0.39 is 0 Å². The van der Waals surface area contributed by atoms with Gasteiger partial charge in [-0.25, -0.2) is 0 Å². The van der Waals surface area contributed by atoms with Gasteiger partial charge >= 0.3 is 0 Å². The largest absolute Gasteiger partial charge is 0.495 e. The van der Waals surface area contributed by atoms with E-state index in [2.05, 4.69) is 13.0 Å². The number of benzene rings is 1. The van der Waals surface area contributed by atoms with Crippen molar-refractivity contribution >= 4 is 17.4 Å². The van der Waals surface area contributed by atoms with Crippen LogP contribution in [0, 0.1) is 5.92 Å². The van der Waals surface area contributed by atoms with Crippen LogP contribution >= 0.6 is 11.6 Å². The van der Waals surface area contributed by atoms with Crippen LogP contribution in [-0.2, 0) is 0 Å². The van der Waals surface area contributed by atoms with Gasteiger partial charge in [0.15, 0.2) is 5.78 Å². The van der Waals surface area contributed by atoms with Gasteiger partial charge in [0.05, 0.1) is 12.1 Å². The number of hydrogen-bond donors (Lipinski definition) is 0. The molecule has 1 atom stereocenters. The molecule has 0 N–H and O–H groups in total. The van der Waals surface area contributed by atoms with Crippen molar-refractivity contribution in [3.63, 3.8) is 0 Å². The number of ether oxygens (including phenoxy) is 1. The Kier molecular flexibility index (Phi) is 4.07. The van der Waals surface area contributed by atoms with E-state index in [0.29, 0.717) is 22.3 Å². The average molecular weight is 265 g/mol. The van der Waals surface area contributed by atoms with Gasteiger partial charge < -0.3 is 4.74 Å². The van der Waals surface area contributed by atoms with Crippen molar-refractivity contribution in [2.24, 2.45) is 5.92 Å². The molecule has 0 saturated heterocycles. The fraction of sp³-hybridized carbons (Fsp3) is 0.400. The summed E-state index contributed by atoms with van der Waals surface area (Å²) in [5, 5.41) is 0.528. The lowest BCUT2D eigenvalue weighted by molar-refractivity contribution is 0.102. The van der Waals surface area contributed by atoms with Crippen LogP contribution in [0.25, 0.3) is 0 Å². The monoisotopic (exact) mass is 264 g/mol. The Hall–Kier alpha value is -1.28. The SMILES string of the molecule is COc1cc(C(=O)C2=CCC(C)CC2)ccc1Cl. The summed E-state index contributed by atoms with van der Waals surface area (Å²) in [5.74, 6) is 1.32. The Morgan fingerprint density at radius 1 is 1.44 bits per heavy atom. The predicted octanol–water partition coefficient (Wildman–Crippen LogP) is 4.28. The van der Waals surface area contributed by atoms with Crippen molar-refractivity contribution < 1.29 is 9.53 Å². The molecule has 0 fully saturated rings. The van der Waals surface area contributed by atoms with E-state index >= 15 is 0 Å². The molecule has 1 aromatic carbocycles. The number of hydrogen-bond acceptors (Lipinski definition) is 2. The van der Waals surface area contributed by atoms with Crippen molar-refractivity contribution in [3.05, 3.63) is 40.4 Å². The maximum absolute atomic E-state index is 12.3. The van der Waals surface area contributed by atoms with Crippen LogP contribution in [0.2, 0.25) is 5.02 Å².